The van der Waals surface area contributed by atoms with Crippen LogP contribution in [0.5, 0.6) is 0 Å². The third-order valence-corrected chi connectivity index (χ3v) is 5.23. The first kappa shape index (κ1) is 16.9. The highest BCUT2D eigenvalue weighted by Crippen LogP contribution is 2.26. The minimum Gasteiger partial charge on any atom is -0.368 e. The van der Waals surface area contributed by atoms with E-state index in [1.807, 2.05) is 11.4 Å². The molecule has 1 fully saturated rings. The minimum atomic E-state index is -0.369. The Morgan fingerprint density at radius 1 is 1.46 bits per heavy atom. The van der Waals surface area contributed by atoms with Crippen LogP contribution < -0.4 is 5.56 Å². The number of aromatic amines is 1. The molecule has 0 radical (unpaired) electrons. The molecule has 0 bridgehead atoms. The maximum absolute atomic E-state index is 12.7. The number of carbonyl (C=O) groups is 1. The van der Waals surface area contributed by atoms with Crippen molar-refractivity contribution in [1.29, 1.82) is 0 Å². The molecular formula is C17H21N3O3S. The SMILES string of the molecule is Cc1nc([C@H]2CN(C(=O)c3csc(C(C)C)c3)CCO2)cc(=O)[nH]1. The Morgan fingerprint density at radius 3 is 2.92 bits per heavy atom. The van der Waals surface area contributed by atoms with Gasteiger partial charge in [0.1, 0.15) is 11.9 Å². The molecule has 24 heavy (non-hydrogen) atoms. The molecule has 1 saturated heterocycles. The lowest BCUT2D eigenvalue weighted by Gasteiger charge is -2.32. The Hall–Kier alpha value is -1.99. The van der Waals surface area contributed by atoms with Crippen LogP contribution in [-0.4, -0.2) is 40.5 Å². The van der Waals surface area contributed by atoms with E-state index >= 15 is 0 Å². The van der Waals surface area contributed by atoms with Crippen molar-refractivity contribution in [3.05, 3.63) is 49.8 Å². The second-order valence-electron chi connectivity index (χ2n) is 6.26. The molecule has 3 heterocycles. The number of thiophene rings is 1. The summed E-state index contributed by atoms with van der Waals surface area (Å²) in [5.41, 5.74) is 1.09. The Bertz CT molecular complexity index is 796. The zero-order chi connectivity index (χ0) is 17.3. The van der Waals surface area contributed by atoms with Crippen LogP contribution in [-0.2, 0) is 4.74 Å². The van der Waals surface area contributed by atoms with E-state index in [-0.39, 0.29) is 17.6 Å². The monoisotopic (exact) mass is 347 g/mol. The minimum absolute atomic E-state index is 0.00742. The normalized spacial score (nSPS) is 18.2. The summed E-state index contributed by atoms with van der Waals surface area (Å²) in [6.45, 7) is 7.35. The number of hydrogen-bond acceptors (Lipinski definition) is 5. The smallest absolute Gasteiger partial charge is 0.254 e. The molecule has 6 nitrogen and oxygen atoms in total. The lowest BCUT2D eigenvalue weighted by atomic mass is 10.1. The highest BCUT2D eigenvalue weighted by molar-refractivity contribution is 7.10. The number of aromatic nitrogens is 2. The van der Waals surface area contributed by atoms with Gasteiger partial charge in [-0.1, -0.05) is 13.8 Å². The van der Waals surface area contributed by atoms with E-state index in [0.29, 0.717) is 37.1 Å². The van der Waals surface area contributed by atoms with Gasteiger partial charge in [0.05, 0.1) is 24.4 Å². The van der Waals surface area contributed by atoms with Gasteiger partial charge in [-0.05, 0) is 18.9 Å². The van der Waals surface area contributed by atoms with Crippen LogP contribution in [0.15, 0.2) is 22.3 Å². The fourth-order valence-electron chi connectivity index (χ4n) is 2.73. The standard InChI is InChI=1S/C17H21N3O3S/c1-10(2)15-6-12(9-24-15)17(22)20-4-5-23-14(8-20)13-7-16(21)19-11(3)18-13/h6-7,9-10,14H,4-5,8H2,1-3H3,(H,18,19,21)/t14-/m1/s1. The molecule has 7 heteroatoms. The van der Waals surface area contributed by atoms with Crippen LogP contribution in [0.2, 0.25) is 0 Å². The molecule has 2 aromatic rings. The van der Waals surface area contributed by atoms with E-state index in [4.69, 9.17) is 4.74 Å². The fourth-order valence-corrected chi connectivity index (χ4v) is 3.63. The molecule has 1 aliphatic rings. The van der Waals surface area contributed by atoms with Crippen molar-refractivity contribution in [1.82, 2.24) is 14.9 Å². The highest BCUT2D eigenvalue weighted by Gasteiger charge is 2.28. The number of rotatable bonds is 3. The summed E-state index contributed by atoms with van der Waals surface area (Å²) in [5.74, 6) is 0.967. The second-order valence-corrected chi connectivity index (χ2v) is 7.20. The molecular weight excluding hydrogens is 326 g/mol. The maximum Gasteiger partial charge on any atom is 0.254 e. The Kier molecular flexibility index (Phi) is 4.82. The number of ether oxygens (including phenoxy) is 1. The van der Waals surface area contributed by atoms with Crippen LogP contribution in [0.4, 0.5) is 0 Å². The first-order valence-electron chi connectivity index (χ1n) is 8.01. The molecule has 3 rings (SSSR count). The first-order chi connectivity index (χ1) is 11.4. The Labute approximate surface area is 144 Å². The number of nitrogens with one attached hydrogen (secondary N) is 1. The van der Waals surface area contributed by atoms with Gasteiger partial charge in [-0.2, -0.15) is 0 Å². The predicted octanol–water partition coefficient (Wildman–Crippen LogP) is 2.48. The average Bonchev–Trinajstić information content (AvgIpc) is 3.03. The molecule has 128 valence electrons. The number of carbonyl (C=O) groups excluding carboxylic acids is 1. The Balaban J connectivity index is 1.77. The topological polar surface area (TPSA) is 75.3 Å². The van der Waals surface area contributed by atoms with Gasteiger partial charge in [0.2, 0.25) is 0 Å². The molecule has 0 unspecified atom stereocenters. The van der Waals surface area contributed by atoms with Crippen molar-refractivity contribution in [2.45, 2.75) is 32.8 Å². The average molecular weight is 347 g/mol. The van der Waals surface area contributed by atoms with Gasteiger partial charge in [-0.3, -0.25) is 9.59 Å². The number of morpholine rings is 1. The second kappa shape index (κ2) is 6.86. The zero-order valence-electron chi connectivity index (χ0n) is 14.0. The molecule has 1 aliphatic heterocycles. The van der Waals surface area contributed by atoms with E-state index in [0.717, 1.165) is 5.56 Å². The van der Waals surface area contributed by atoms with Crippen LogP contribution in [0.3, 0.4) is 0 Å². The van der Waals surface area contributed by atoms with Gasteiger partial charge in [-0.15, -0.1) is 11.3 Å². The molecule has 1 N–H and O–H groups in total. The summed E-state index contributed by atoms with van der Waals surface area (Å²) >= 11 is 1.61. The van der Waals surface area contributed by atoms with E-state index in [2.05, 4.69) is 23.8 Å². The van der Waals surface area contributed by atoms with Crippen molar-refractivity contribution in [2.24, 2.45) is 0 Å². The molecule has 0 aliphatic carbocycles. The number of nitrogens with zero attached hydrogens (tertiary/aromatic N) is 2. The molecule has 1 amide bonds. The summed E-state index contributed by atoms with van der Waals surface area (Å²) in [6.07, 6.45) is -0.369. The molecule has 0 saturated carbocycles. The molecule has 2 aromatic heterocycles. The van der Waals surface area contributed by atoms with Crippen molar-refractivity contribution in [2.75, 3.05) is 19.7 Å². The third-order valence-electron chi connectivity index (χ3n) is 4.00. The maximum atomic E-state index is 12.7. The van der Waals surface area contributed by atoms with Gasteiger partial charge < -0.3 is 14.6 Å². The van der Waals surface area contributed by atoms with Crippen molar-refractivity contribution < 1.29 is 9.53 Å². The van der Waals surface area contributed by atoms with Crippen molar-refractivity contribution >= 4 is 17.2 Å². The van der Waals surface area contributed by atoms with E-state index < -0.39 is 0 Å². The summed E-state index contributed by atoms with van der Waals surface area (Å²) in [4.78, 5) is 34.3. The van der Waals surface area contributed by atoms with Crippen molar-refractivity contribution in [3.63, 3.8) is 0 Å². The number of aryl methyl sites for hydroxylation is 1. The van der Waals surface area contributed by atoms with Crippen LogP contribution in [0.1, 0.15) is 52.6 Å². The summed E-state index contributed by atoms with van der Waals surface area (Å²) in [7, 11) is 0. The summed E-state index contributed by atoms with van der Waals surface area (Å²) in [5, 5.41) is 1.91. The largest absolute Gasteiger partial charge is 0.368 e. The van der Waals surface area contributed by atoms with Crippen LogP contribution in [0.25, 0.3) is 0 Å². The number of hydrogen-bond donors (Lipinski definition) is 1. The highest BCUT2D eigenvalue weighted by atomic mass is 32.1. The van der Waals surface area contributed by atoms with E-state index in [1.54, 1.807) is 23.2 Å². The van der Waals surface area contributed by atoms with Gasteiger partial charge in [0.25, 0.3) is 11.5 Å². The summed E-state index contributed by atoms with van der Waals surface area (Å²) < 4.78 is 5.73. The molecule has 1 atom stereocenters. The fraction of sp³-hybridized carbons (Fsp3) is 0.471. The quantitative estimate of drug-likeness (QED) is 0.925. The van der Waals surface area contributed by atoms with Crippen LogP contribution >= 0.6 is 11.3 Å². The zero-order valence-corrected chi connectivity index (χ0v) is 14.9. The van der Waals surface area contributed by atoms with Gasteiger partial charge in [0.15, 0.2) is 0 Å². The first-order valence-corrected chi connectivity index (χ1v) is 8.89. The lowest BCUT2D eigenvalue weighted by molar-refractivity contribution is -0.0248. The number of H-pyrrole nitrogens is 1. The molecule has 0 aromatic carbocycles. The number of amides is 1. The summed E-state index contributed by atoms with van der Waals surface area (Å²) in [6, 6.07) is 3.41. The molecule has 0 spiro atoms. The van der Waals surface area contributed by atoms with Crippen LogP contribution in [0, 0.1) is 6.92 Å². The van der Waals surface area contributed by atoms with Gasteiger partial charge in [0, 0.05) is 22.9 Å². The van der Waals surface area contributed by atoms with Crippen molar-refractivity contribution in [3.8, 4) is 0 Å². The lowest BCUT2D eigenvalue weighted by Crippen LogP contribution is -2.42. The van der Waals surface area contributed by atoms with E-state index in [9.17, 15) is 9.59 Å². The Morgan fingerprint density at radius 2 is 2.25 bits per heavy atom. The van der Waals surface area contributed by atoms with Gasteiger partial charge >= 0.3 is 0 Å². The third kappa shape index (κ3) is 3.57. The predicted molar refractivity (Wildman–Crippen MR) is 92.6 cm³/mol. The van der Waals surface area contributed by atoms with Gasteiger partial charge in [-0.25, -0.2) is 4.98 Å². The van der Waals surface area contributed by atoms with E-state index in [1.165, 1.54) is 10.9 Å².